The molecule has 2 saturated heterocycles. The van der Waals surface area contributed by atoms with E-state index in [1.165, 1.54) is 12.8 Å². The van der Waals surface area contributed by atoms with Gasteiger partial charge in [-0.3, -0.25) is 9.69 Å². The van der Waals surface area contributed by atoms with Gasteiger partial charge in [0.05, 0.1) is 0 Å². The number of nitrogens with zero attached hydrogens (tertiary/aromatic N) is 1. The third-order valence-electron chi connectivity index (χ3n) is 3.87. The van der Waals surface area contributed by atoms with Crippen LogP contribution in [0.15, 0.2) is 0 Å². The number of hydrogen-bond acceptors (Lipinski definition) is 2. The molecule has 2 aliphatic heterocycles. The Bertz CT molecular complexity index is 217. The summed E-state index contributed by atoms with van der Waals surface area (Å²) in [4.78, 5) is 13.5. The molecule has 0 aromatic carbocycles. The quantitative estimate of drug-likeness (QED) is 0.599. The van der Waals surface area contributed by atoms with Crippen molar-refractivity contribution in [1.29, 1.82) is 0 Å². The highest BCUT2D eigenvalue weighted by molar-refractivity contribution is 5.77. The molecule has 2 aliphatic rings. The lowest BCUT2D eigenvalue weighted by atomic mass is 9.87. The van der Waals surface area contributed by atoms with E-state index in [0.29, 0.717) is 12.5 Å². The van der Waals surface area contributed by atoms with Crippen LogP contribution in [0.3, 0.4) is 0 Å². The van der Waals surface area contributed by atoms with E-state index in [1.54, 1.807) is 0 Å². The van der Waals surface area contributed by atoms with Crippen LogP contribution in [0.25, 0.3) is 0 Å². The maximum absolute atomic E-state index is 11.1. The molecular formula is C10H18N2O. The predicted molar refractivity (Wildman–Crippen MR) is 51.4 cm³/mol. The fraction of sp³-hybridized carbons (Fsp3) is 0.900. The fourth-order valence-corrected chi connectivity index (χ4v) is 2.62. The van der Waals surface area contributed by atoms with Crippen molar-refractivity contribution in [2.24, 2.45) is 0 Å². The van der Waals surface area contributed by atoms with Crippen LogP contribution in [0.4, 0.5) is 0 Å². The Labute approximate surface area is 79.5 Å². The molecule has 0 radical (unpaired) electrons. The molecule has 2 rings (SSSR count). The molecule has 2 fully saturated rings. The van der Waals surface area contributed by atoms with E-state index < -0.39 is 0 Å². The third-order valence-corrected chi connectivity index (χ3v) is 3.87. The molecular weight excluding hydrogens is 164 g/mol. The average Bonchev–Trinajstić information content (AvgIpc) is 2.40. The molecule has 1 spiro atoms. The lowest BCUT2D eigenvalue weighted by Gasteiger charge is -2.40. The second-order valence-electron chi connectivity index (χ2n) is 4.50. The molecule has 0 aromatic rings. The molecule has 2 heterocycles. The largest absolute Gasteiger partial charge is 0.354 e. The Balaban J connectivity index is 2.09. The number of likely N-dealkylation sites (N-methyl/N-ethyl adjacent to an activating group) is 1. The Morgan fingerprint density at radius 3 is 2.77 bits per heavy atom. The Morgan fingerprint density at radius 2 is 2.31 bits per heavy atom. The number of carbonyl (C=O) groups excluding carboxylic acids is 1. The Kier molecular flexibility index (Phi) is 2.06. The van der Waals surface area contributed by atoms with Gasteiger partial charge in [-0.15, -0.1) is 0 Å². The summed E-state index contributed by atoms with van der Waals surface area (Å²) in [5.74, 6) is 0.221. The van der Waals surface area contributed by atoms with Gasteiger partial charge in [-0.25, -0.2) is 0 Å². The van der Waals surface area contributed by atoms with Crippen molar-refractivity contribution in [3.05, 3.63) is 0 Å². The Morgan fingerprint density at radius 1 is 1.54 bits per heavy atom. The number of hydrogen-bond donors (Lipinski definition) is 1. The van der Waals surface area contributed by atoms with Gasteiger partial charge in [0.25, 0.3) is 0 Å². The van der Waals surface area contributed by atoms with Crippen molar-refractivity contribution in [3.63, 3.8) is 0 Å². The molecule has 3 nitrogen and oxygen atoms in total. The van der Waals surface area contributed by atoms with Crippen LogP contribution in [0.2, 0.25) is 0 Å². The zero-order valence-electron chi connectivity index (χ0n) is 8.47. The summed E-state index contributed by atoms with van der Waals surface area (Å²) >= 11 is 0. The number of nitrogens with one attached hydrogen (secondary N) is 1. The summed E-state index contributed by atoms with van der Waals surface area (Å²) in [7, 11) is 2.19. The number of piperidine rings is 1. The minimum Gasteiger partial charge on any atom is -0.354 e. The number of amides is 1. The van der Waals surface area contributed by atoms with E-state index in [-0.39, 0.29) is 11.4 Å². The number of carbonyl (C=O) groups is 1. The molecule has 1 amide bonds. The van der Waals surface area contributed by atoms with Gasteiger partial charge in [0, 0.05) is 24.5 Å². The average molecular weight is 182 g/mol. The van der Waals surface area contributed by atoms with Gasteiger partial charge in [0.15, 0.2) is 0 Å². The van der Waals surface area contributed by atoms with Crippen LogP contribution < -0.4 is 5.32 Å². The molecule has 13 heavy (non-hydrogen) atoms. The summed E-state index contributed by atoms with van der Waals surface area (Å²) in [6, 6.07) is 0.676. The van der Waals surface area contributed by atoms with E-state index >= 15 is 0 Å². The molecule has 0 aromatic heterocycles. The van der Waals surface area contributed by atoms with Crippen LogP contribution in [0, 0.1) is 0 Å². The van der Waals surface area contributed by atoms with Crippen LogP contribution in [0.1, 0.15) is 32.6 Å². The van der Waals surface area contributed by atoms with Crippen LogP contribution >= 0.6 is 0 Å². The zero-order valence-corrected chi connectivity index (χ0v) is 8.47. The van der Waals surface area contributed by atoms with E-state index in [9.17, 15) is 4.79 Å². The maximum atomic E-state index is 11.1. The first-order valence-corrected chi connectivity index (χ1v) is 5.14. The van der Waals surface area contributed by atoms with Crippen LogP contribution in [-0.4, -0.2) is 36.0 Å². The topological polar surface area (TPSA) is 32.3 Å². The lowest BCUT2D eigenvalue weighted by Crippen LogP contribution is -2.55. The van der Waals surface area contributed by atoms with Crippen molar-refractivity contribution in [2.45, 2.75) is 44.2 Å². The summed E-state index contributed by atoms with van der Waals surface area (Å²) < 4.78 is 0. The SMILES string of the molecule is CC1CCC2(CCC(=O)NC2)N1C. The molecule has 2 unspecified atom stereocenters. The molecule has 2 atom stereocenters. The summed E-state index contributed by atoms with van der Waals surface area (Å²) in [5.41, 5.74) is 0.285. The predicted octanol–water partition coefficient (Wildman–Crippen LogP) is 0.749. The van der Waals surface area contributed by atoms with E-state index in [0.717, 1.165) is 13.0 Å². The third kappa shape index (κ3) is 1.35. The van der Waals surface area contributed by atoms with Crippen LogP contribution in [0.5, 0.6) is 0 Å². The first-order chi connectivity index (χ1) is 6.14. The van der Waals surface area contributed by atoms with Crippen LogP contribution in [-0.2, 0) is 4.79 Å². The molecule has 0 saturated carbocycles. The number of likely N-dealkylation sites (tertiary alicyclic amines) is 1. The second-order valence-corrected chi connectivity index (χ2v) is 4.50. The fourth-order valence-electron chi connectivity index (χ4n) is 2.62. The van der Waals surface area contributed by atoms with E-state index in [4.69, 9.17) is 0 Å². The molecule has 1 N–H and O–H groups in total. The zero-order chi connectivity index (χ0) is 9.47. The number of rotatable bonds is 0. The summed E-state index contributed by atoms with van der Waals surface area (Å²) in [6.07, 6.45) is 4.26. The highest BCUT2D eigenvalue weighted by Gasteiger charge is 2.44. The highest BCUT2D eigenvalue weighted by Crippen LogP contribution is 2.36. The van der Waals surface area contributed by atoms with Gasteiger partial charge in [0.2, 0.25) is 5.91 Å². The Hall–Kier alpha value is -0.570. The van der Waals surface area contributed by atoms with Gasteiger partial charge < -0.3 is 5.32 Å². The van der Waals surface area contributed by atoms with Crippen molar-refractivity contribution >= 4 is 5.91 Å². The summed E-state index contributed by atoms with van der Waals surface area (Å²) in [6.45, 7) is 3.12. The molecule has 0 aliphatic carbocycles. The van der Waals surface area contributed by atoms with E-state index in [1.807, 2.05) is 0 Å². The van der Waals surface area contributed by atoms with Gasteiger partial charge in [0.1, 0.15) is 0 Å². The minimum absolute atomic E-state index is 0.221. The summed E-state index contributed by atoms with van der Waals surface area (Å²) in [5, 5.41) is 2.99. The van der Waals surface area contributed by atoms with Gasteiger partial charge in [-0.1, -0.05) is 0 Å². The standard InChI is InChI=1S/C10H18N2O/c1-8-3-5-10(12(8)2)6-4-9(13)11-7-10/h8H,3-7H2,1-2H3,(H,11,13). The molecule has 0 bridgehead atoms. The van der Waals surface area contributed by atoms with Crippen molar-refractivity contribution in [2.75, 3.05) is 13.6 Å². The highest BCUT2D eigenvalue weighted by atomic mass is 16.1. The van der Waals surface area contributed by atoms with E-state index in [2.05, 4.69) is 24.2 Å². The van der Waals surface area contributed by atoms with Gasteiger partial charge >= 0.3 is 0 Å². The maximum Gasteiger partial charge on any atom is 0.220 e. The monoisotopic (exact) mass is 182 g/mol. The second kappa shape index (κ2) is 2.98. The first-order valence-electron chi connectivity index (χ1n) is 5.14. The normalized spacial score (nSPS) is 41.1. The minimum atomic E-state index is 0.221. The van der Waals surface area contributed by atoms with Crippen molar-refractivity contribution in [1.82, 2.24) is 10.2 Å². The first kappa shape index (κ1) is 9.00. The van der Waals surface area contributed by atoms with Gasteiger partial charge in [-0.05, 0) is 33.2 Å². The van der Waals surface area contributed by atoms with Crippen molar-refractivity contribution < 1.29 is 4.79 Å². The lowest BCUT2D eigenvalue weighted by molar-refractivity contribution is -0.124. The molecule has 74 valence electrons. The van der Waals surface area contributed by atoms with Crippen molar-refractivity contribution in [3.8, 4) is 0 Å². The van der Waals surface area contributed by atoms with Gasteiger partial charge in [-0.2, -0.15) is 0 Å². The molecule has 3 heteroatoms. The smallest absolute Gasteiger partial charge is 0.220 e.